The van der Waals surface area contributed by atoms with E-state index in [0.29, 0.717) is 22.7 Å². The third-order valence-corrected chi connectivity index (χ3v) is 4.13. The molecule has 1 amide bonds. The van der Waals surface area contributed by atoms with Crippen LogP contribution in [0.2, 0.25) is 0 Å². The Kier molecular flexibility index (Phi) is 4.62. The van der Waals surface area contributed by atoms with E-state index in [2.05, 4.69) is 25.6 Å². The van der Waals surface area contributed by atoms with E-state index < -0.39 is 5.97 Å². The number of methoxy groups -OCH3 is 1. The number of tetrazole rings is 1. The number of thiophene rings is 1. The number of carbonyl (C=O) groups is 2. The lowest BCUT2D eigenvalue weighted by atomic mass is 10.1. The largest absolute Gasteiger partial charge is 0.465 e. The summed E-state index contributed by atoms with van der Waals surface area (Å²) in [4.78, 5) is 24.3. The molecule has 0 aliphatic heterocycles. The van der Waals surface area contributed by atoms with Crippen LogP contribution in [0.3, 0.4) is 0 Å². The van der Waals surface area contributed by atoms with E-state index >= 15 is 0 Å². The summed E-state index contributed by atoms with van der Waals surface area (Å²) in [5, 5.41) is 15.4. The maximum atomic E-state index is 12.3. The Bertz CT molecular complexity index is 842. The van der Waals surface area contributed by atoms with Crippen LogP contribution in [-0.2, 0) is 11.3 Å². The highest BCUT2D eigenvalue weighted by atomic mass is 32.1. The van der Waals surface area contributed by atoms with Crippen molar-refractivity contribution < 1.29 is 14.3 Å². The minimum absolute atomic E-state index is 0.299. The second-order valence-corrected chi connectivity index (χ2v) is 5.73. The van der Waals surface area contributed by atoms with Gasteiger partial charge in [0.15, 0.2) is 0 Å². The van der Waals surface area contributed by atoms with Gasteiger partial charge in [0.1, 0.15) is 11.2 Å². The summed E-state index contributed by atoms with van der Waals surface area (Å²) in [7, 11) is 1.30. The number of aromatic nitrogens is 4. The molecule has 1 aromatic carbocycles. The van der Waals surface area contributed by atoms with Gasteiger partial charge in [0, 0.05) is 5.56 Å². The second kappa shape index (κ2) is 7.01. The van der Waals surface area contributed by atoms with Crippen LogP contribution in [-0.4, -0.2) is 39.2 Å². The molecule has 0 aliphatic rings. The highest BCUT2D eigenvalue weighted by Gasteiger charge is 2.16. The molecule has 0 spiro atoms. The highest BCUT2D eigenvalue weighted by Crippen LogP contribution is 2.23. The van der Waals surface area contributed by atoms with Crippen LogP contribution in [0.15, 0.2) is 42.0 Å². The number of hydrogen-bond acceptors (Lipinski definition) is 7. The van der Waals surface area contributed by atoms with Crippen molar-refractivity contribution in [2.24, 2.45) is 0 Å². The fourth-order valence-corrected chi connectivity index (χ4v) is 2.82. The minimum Gasteiger partial charge on any atom is -0.465 e. The molecular weight excluding hydrogens is 330 g/mol. The first-order valence-corrected chi connectivity index (χ1v) is 7.82. The minimum atomic E-state index is -0.475. The lowest BCUT2D eigenvalue weighted by Crippen LogP contribution is -2.14. The SMILES string of the molecule is COC(=O)c1sccc1NC(=O)c1ccc(Cn2cnnn2)cc1. The third kappa shape index (κ3) is 3.46. The van der Waals surface area contributed by atoms with Crippen LogP contribution in [0.25, 0.3) is 0 Å². The van der Waals surface area contributed by atoms with Gasteiger partial charge in [0.05, 0.1) is 19.3 Å². The van der Waals surface area contributed by atoms with Gasteiger partial charge in [-0.05, 0) is 39.6 Å². The van der Waals surface area contributed by atoms with E-state index in [-0.39, 0.29) is 5.91 Å². The van der Waals surface area contributed by atoms with E-state index in [1.165, 1.54) is 24.8 Å². The molecule has 2 heterocycles. The molecule has 3 rings (SSSR count). The smallest absolute Gasteiger partial charge is 0.350 e. The maximum absolute atomic E-state index is 12.3. The Morgan fingerprint density at radius 1 is 1.25 bits per heavy atom. The number of esters is 1. The van der Waals surface area contributed by atoms with E-state index in [0.717, 1.165) is 5.56 Å². The molecule has 0 atom stereocenters. The Labute approximate surface area is 141 Å². The number of amides is 1. The zero-order valence-electron chi connectivity index (χ0n) is 12.7. The van der Waals surface area contributed by atoms with Gasteiger partial charge in [-0.2, -0.15) is 0 Å². The number of hydrogen-bond donors (Lipinski definition) is 1. The lowest BCUT2D eigenvalue weighted by molar-refractivity contribution is 0.0607. The number of rotatable bonds is 5. The molecule has 122 valence electrons. The normalized spacial score (nSPS) is 10.4. The fraction of sp³-hybridized carbons (Fsp3) is 0.133. The van der Waals surface area contributed by atoms with Crippen LogP contribution < -0.4 is 5.32 Å². The number of benzene rings is 1. The van der Waals surface area contributed by atoms with Crippen molar-refractivity contribution in [3.05, 3.63) is 58.0 Å². The van der Waals surface area contributed by atoms with Gasteiger partial charge in [-0.15, -0.1) is 16.4 Å². The molecule has 0 unspecified atom stereocenters. The average molecular weight is 343 g/mol. The Morgan fingerprint density at radius 2 is 2.04 bits per heavy atom. The van der Waals surface area contributed by atoms with Gasteiger partial charge in [0.2, 0.25) is 0 Å². The molecule has 0 fully saturated rings. The number of nitrogens with zero attached hydrogens (tertiary/aromatic N) is 4. The van der Waals surface area contributed by atoms with Crippen LogP contribution in [0.4, 0.5) is 5.69 Å². The molecule has 24 heavy (non-hydrogen) atoms. The summed E-state index contributed by atoms with van der Waals surface area (Å²) in [5.74, 6) is -0.774. The van der Waals surface area contributed by atoms with Crippen molar-refractivity contribution >= 4 is 28.9 Å². The van der Waals surface area contributed by atoms with E-state index in [4.69, 9.17) is 0 Å². The summed E-state index contributed by atoms with van der Waals surface area (Å²) in [5.41, 5.74) is 1.89. The summed E-state index contributed by atoms with van der Waals surface area (Å²) in [6, 6.07) is 8.73. The molecule has 0 bridgehead atoms. The third-order valence-electron chi connectivity index (χ3n) is 3.24. The van der Waals surface area contributed by atoms with Crippen LogP contribution in [0.5, 0.6) is 0 Å². The van der Waals surface area contributed by atoms with Crippen LogP contribution in [0.1, 0.15) is 25.6 Å². The molecule has 0 radical (unpaired) electrons. The molecule has 0 aliphatic carbocycles. The molecule has 8 nitrogen and oxygen atoms in total. The zero-order valence-corrected chi connectivity index (χ0v) is 13.5. The van der Waals surface area contributed by atoms with E-state index in [9.17, 15) is 9.59 Å². The lowest BCUT2D eigenvalue weighted by Gasteiger charge is -2.06. The summed E-state index contributed by atoms with van der Waals surface area (Å²) in [6.45, 7) is 0.520. The van der Waals surface area contributed by atoms with Crippen molar-refractivity contribution in [1.82, 2.24) is 20.2 Å². The topological polar surface area (TPSA) is 99.0 Å². The van der Waals surface area contributed by atoms with Gasteiger partial charge < -0.3 is 10.1 Å². The predicted octanol–water partition coefficient (Wildman–Crippen LogP) is 1.82. The number of ether oxygens (including phenoxy) is 1. The van der Waals surface area contributed by atoms with Crippen molar-refractivity contribution in [3.63, 3.8) is 0 Å². The first-order chi connectivity index (χ1) is 11.7. The standard InChI is InChI=1S/C15H13N5O3S/c1-23-15(22)13-12(6-7-24-13)17-14(21)11-4-2-10(3-5-11)8-20-9-16-18-19-20/h2-7,9H,8H2,1H3,(H,17,21). The Balaban J connectivity index is 1.69. The second-order valence-electron chi connectivity index (χ2n) is 4.81. The molecule has 2 aromatic heterocycles. The molecule has 1 N–H and O–H groups in total. The summed E-state index contributed by atoms with van der Waals surface area (Å²) >= 11 is 1.21. The fourth-order valence-electron chi connectivity index (χ4n) is 2.05. The summed E-state index contributed by atoms with van der Waals surface area (Å²) in [6.07, 6.45) is 1.52. The van der Waals surface area contributed by atoms with Crippen LogP contribution >= 0.6 is 11.3 Å². The van der Waals surface area contributed by atoms with Gasteiger partial charge in [-0.25, -0.2) is 9.48 Å². The highest BCUT2D eigenvalue weighted by molar-refractivity contribution is 7.12. The zero-order chi connectivity index (χ0) is 16.9. The predicted molar refractivity (Wildman–Crippen MR) is 87.0 cm³/mol. The van der Waals surface area contributed by atoms with E-state index in [1.54, 1.807) is 28.3 Å². The van der Waals surface area contributed by atoms with Gasteiger partial charge in [0.25, 0.3) is 5.91 Å². The molecule has 3 aromatic rings. The van der Waals surface area contributed by atoms with Gasteiger partial charge >= 0.3 is 5.97 Å². The first-order valence-electron chi connectivity index (χ1n) is 6.94. The quantitative estimate of drug-likeness (QED) is 0.710. The first kappa shape index (κ1) is 15.8. The van der Waals surface area contributed by atoms with Crippen molar-refractivity contribution in [2.45, 2.75) is 6.54 Å². The molecular formula is C15H13N5O3S. The number of carbonyl (C=O) groups excluding carboxylic acids is 2. The van der Waals surface area contributed by atoms with Crippen molar-refractivity contribution in [1.29, 1.82) is 0 Å². The van der Waals surface area contributed by atoms with Crippen LogP contribution in [0, 0.1) is 0 Å². The number of anilines is 1. The molecule has 0 saturated carbocycles. The molecule has 0 saturated heterocycles. The Hall–Kier alpha value is -3.07. The van der Waals surface area contributed by atoms with Gasteiger partial charge in [-0.1, -0.05) is 12.1 Å². The van der Waals surface area contributed by atoms with Crippen molar-refractivity contribution in [2.75, 3.05) is 12.4 Å². The monoisotopic (exact) mass is 343 g/mol. The Morgan fingerprint density at radius 3 is 2.71 bits per heavy atom. The summed E-state index contributed by atoms with van der Waals surface area (Å²) < 4.78 is 6.28. The molecule has 9 heteroatoms. The average Bonchev–Trinajstić information content (AvgIpc) is 3.26. The maximum Gasteiger partial charge on any atom is 0.350 e. The van der Waals surface area contributed by atoms with Gasteiger partial charge in [-0.3, -0.25) is 4.79 Å². The van der Waals surface area contributed by atoms with E-state index in [1.807, 2.05) is 12.1 Å². The number of nitrogens with one attached hydrogen (secondary N) is 1. The van der Waals surface area contributed by atoms with Crippen molar-refractivity contribution in [3.8, 4) is 0 Å².